The molecule has 104 valence electrons. The second kappa shape index (κ2) is 4.01. The Morgan fingerprint density at radius 2 is 2.21 bits per heavy atom. The van der Waals surface area contributed by atoms with Crippen molar-refractivity contribution in [3.05, 3.63) is 12.0 Å². The first-order valence-corrected chi connectivity index (χ1v) is 6.10. The molecule has 2 aliphatic rings. The van der Waals surface area contributed by atoms with Crippen LogP contribution in [0.2, 0.25) is 0 Å². The van der Waals surface area contributed by atoms with Crippen LogP contribution >= 0.6 is 0 Å². The molecule has 1 aromatic rings. The third-order valence-electron chi connectivity index (χ3n) is 3.56. The normalized spacial score (nSPS) is 41.1. The number of aromatic nitrogens is 2. The number of rotatable bonds is 1. The van der Waals surface area contributed by atoms with Gasteiger partial charge in [-0.25, -0.2) is 9.98 Å². The first-order chi connectivity index (χ1) is 8.92. The van der Waals surface area contributed by atoms with E-state index in [9.17, 15) is 10.2 Å². The first-order valence-electron chi connectivity index (χ1n) is 6.10. The van der Waals surface area contributed by atoms with Crippen LogP contribution in [0.3, 0.4) is 0 Å². The zero-order chi connectivity index (χ0) is 13.8. The van der Waals surface area contributed by atoms with Gasteiger partial charge >= 0.3 is 0 Å². The maximum absolute atomic E-state index is 10.0. The van der Waals surface area contributed by atoms with Gasteiger partial charge in [0.1, 0.15) is 23.6 Å². The average molecular weight is 267 g/mol. The minimum atomic E-state index is -1.03. The molecule has 1 fully saturated rings. The highest BCUT2D eigenvalue weighted by Crippen LogP contribution is 2.36. The maximum atomic E-state index is 10.0. The minimum absolute atomic E-state index is 0.451. The number of aliphatic hydroxyl groups excluding tert-OH is 2. The molecule has 1 saturated heterocycles. The minimum Gasteiger partial charge on any atom is -0.388 e. The lowest BCUT2D eigenvalue weighted by Gasteiger charge is -2.27. The van der Waals surface area contributed by atoms with Gasteiger partial charge < -0.3 is 26.0 Å². The standard InChI is InChI=1S/C11H17N5O3/c1-5-6(17)7(18)10(19-5)16-4-14-8-9(16)13-3-15-11(8,2)12/h3-7,10,17-18H,12H2,1-2H3,(H,13,15)/t5-,6-,7-,10-,11?/m1/s1. The molecule has 0 saturated carbocycles. The molecule has 3 rings (SSSR count). The smallest absolute Gasteiger partial charge is 0.165 e. The van der Waals surface area contributed by atoms with Crippen LogP contribution in [0.15, 0.2) is 11.3 Å². The van der Waals surface area contributed by atoms with E-state index in [1.807, 2.05) is 0 Å². The van der Waals surface area contributed by atoms with E-state index in [2.05, 4.69) is 15.3 Å². The largest absolute Gasteiger partial charge is 0.388 e. The second-order valence-electron chi connectivity index (χ2n) is 5.14. The fourth-order valence-corrected chi connectivity index (χ4v) is 2.39. The third-order valence-corrected chi connectivity index (χ3v) is 3.56. The Morgan fingerprint density at radius 1 is 1.47 bits per heavy atom. The summed E-state index contributed by atoms with van der Waals surface area (Å²) in [4.78, 5) is 8.42. The molecule has 8 nitrogen and oxygen atoms in total. The first kappa shape index (κ1) is 12.5. The van der Waals surface area contributed by atoms with Crippen LogP contribution in [-0.2, 0) is 10.4 Å². The van der Waals surface area contributed by atoms with E-state index >= 15 is 0 Å². The van der Waals surface area contributed by atoms with E-state index < -0.39 is 30.2 Å². The summed E-state index contributed by atoms with van der Waals surface area (Å²) in [5, 5.41) is 22.7. The highest BCUT2D eigenvalue weighted by molar-refractivity contribution is 5.66. The molecular weight excluding hydrogens is 250 g/mol. The van der Waals surface area contributed by atoms with E-state index in [0.717, 1.165) is 0 Å². The second-order valence-corrected chi connectivity index (χ2v) is 5.14. The molecule has 5 atom stereocenters. The molecule has 19 heavy (non-hydrogen) atoms. The summed E-state index contributed by atoms with van der Waals surface area (Å²) >= 11 is 0. The summed E-state index contributed by atoms with van der Waals surface area (Å²) in [6.45, 7) is 3.48. The predicted octanol–water partition coefficient (Wildman–Crippen LogP) is -1.08. The molecule has 0 amide bonds. The fraction of sp³-hybridized carbons (Fsp3) is 0.636. The Hall–Kier alpha value is -1.48. The van der Waals surface area contributed by atoms with Gasteiger partial charge in [0.05, 0.1) is 18.8 Å². The number of hydrogen-bond acceptors (Lipinski definition) is 7. The van der Waals surface area contributed by atoms with E-state index in [1.165, 1.54) is 12.7 Å². The number of hydrogen-bond donors (Lipinski definition) is 4. The summed E-state index contributed by atoms with van der Waals surface area (Å²) in [5.41, 5.74) is 5.81. The Kier molecular flexibility index (Phi) is 2.65. The summed E-state index contributed by atoms with van der Waals surface area (Å²) < 4.78 is 7.14. The van der Waals surface area contributed by atoms with Gasteiger partial charge in [0.2, 0.25) is 0 Å². The summed E-state index contributed by atoms with van der Waals surface area (Å²) in [6.07, 6.45) is -0.124. The quantitative estimate of drug-likeness (QED) is 0.514. The molecule has 0 radical (unpaired) electrons. The zero-order valence-electron chi connectivity index (χ0n) is 10.7. The fourth-order valence-electron chi connectivity index (χ4n) is 2.39. The summed E-state index contributed by atoms with van der Waals surface area (Å²) in [5.74, 6) is 0.522. The van der Waals surface area contributed by atoms with Crippen molar-refractivity contribution in [1.82, 2.24) is 14.9 Å². The van der Waals surface area contributed by atoms with Crippen molar-refractivity contribution < 1.29 is 14.9 Å². The molecule has 5 N–H and O–H groups in total. The number of nitrogens with two attached hydrogens (primary N) is 1. The molecule has 0 aliphatic carbocycles. The molecular formula is C11H17N5O3. The van der Waals surface area contributed by atoms with Crippen molar-refractivity contribution in [3.8, 4) is 0 Å². The van der Waals surface area contributed by atoms with E-state index in [4.69, 9.17) is 10.5 Å². The molecule has 1 aromatic heterocycles. The van der Waals surface area contributed by atoms with Gasteiger partial charge in [0, 0.05) is 0 Å². The Balaban J connectivity index is 2.01. The predicted molar refractivity (Wildman–Crippen MR) is 66.7 cm³/mol. The van der Waals surface area contributed by atoms with Crippen molar-refractivity contribution >= 4 is 12.2 Å². The Labute approximate surface area is 109 Å². The van der Waals surface area contributed by atoms with Crippen molar-refractivity contribution in [2.75, 3.05) is 0 Å². The zero-order valence-corrected chi connectivity index (χ0v) is 10.7. The van der Waals surface area contributed by atoms with Gasteiger partial charge in [-0.2, -0.15) is 0 Å². The monoisotopic (exact) mass is 267 g/mol. The van der Waals surface area contributed by atoms with Crippen LogP contribution in [0.1, 0.15) is 25.8 Å². The molecule has 1 unspecified atom stereocenters. The van der Waals surface area contributed by atoms with Gasteiger partial charge in [0.15, 0.2) is 12.0 Å². The van der Waals surface area contributed by atoms with Crippen LogP contribution in [0.5, 0.6) is 0 Å². The molecule has 0 bridgehead atoms. The highest BCUT2D eigenvalue weighted by atomic mass is 16.6. The van der Waals surface area contributed by atoms with Gasteiger partial charge in [-0.1, -0.05) is 0 Å². The van der Waals surface area contributed by atoms with Crippen LogP contribution in [-0.4, -0.2) is 44.4 Å². The maximum Gasteiger partial charge on any atom is 0.165 e. The number of fused-ring (bicyclic) bond motifs is 1. The van der Waals surface area contributed by atoms with E-state index in [-0.39, 0.29) is 0 Å². The lowest BCUT2D eigenvalue weighted by molar-refractivity contribution is -0.0312. The number of nitrogens with one attached hydrogen (secondary N) is 1. The number of nitrogens with zero attached hydrogens (tertiary/aromatic N) is 3. The van der Waals surface area contributed by atoms with Crippen molar-refractivity contribution in [3.63, 3.8) is 0 Å². The van der Waals surface area contributed by atoms with Crippen LogP contribution in [0.4, 0.5) is 5.82 Å². The average Bonchev–Trinajstić information content (AvgIpc) is 2.87. The molecule has 2 aliphatic heterocycles. The lowest BCUT2D eigenvalue weighted by atomic mass is 10.1. The SMILES string of the molecule is C[C@H]1O[C@@H](n2cnc3c2N=CNC3(C)N)[C@H](O)[C@@H]1O. The number of ether oxygens (including phenoxy) is 1. The number of aliphatic hydroxyl groups is 2. The van der Waals surface area contributed by atoms with Gasteiger partial charge in [-0.3, -0.25) is 4.57 Å². The number of aliphatic imine (C=N–C) groups is 1. The van der Waals surface area contributed by atoms with Crippen LogP contribution in [0.25, 0.3) is 0 Å². The van der Waals surface area contributed by atoms with Gasteiger partial charge in [0.25, 0.3) is 0 Å². The van der Waals surface area contributed by atoms with E-state index in [1.54, 1.807) is 18.4 Å². The van der Waals surface area contributed by atoms with Crippen molar-refractivity contribution in [2.24, 2.45) is 10.7 Å². The van der Waals surface area contributed by atoms with Crippen LogP contribution < -0.4 is 11.1 Å². The van der Waals surface area contributed by atoms with E-state index in [0.29, 0.717) is 11.5 Å². The summed E-state index contributed by atoms with van der Waals surface area (Å²) in [7, 11) is 0. The molecule has 8 heteroatoms. The van der Waals surface area contributed by atoms with Gasteiger partial charge in [-0.05, 0) is 13.8 Å². The summed E-state index contributed by atoms with van der Waals surface area (Å²) in [6, 6.07) is 0. The lowest BCUT2D eigenvalue weighted by Crippen LogP contribution is -2.49. The van der Waals surface area contributed by atoms with Crippen LogP contribution in [0, 0.1) is 0 Å². The third kappa shape index (κ3) is 1.76. The Bertz CT molecular complexity index is 526. The molecule has 0 aromatic carbocycles. The molecule has 0 spiro atoms. The molecule has 3 heterocycles. The van der Waals surface area contributed by atoms with Gasteiger partial charge in [-0.15, -0.1) is 0 Å². The topological polar surface area (TPSA) is 118 Å². The van der Waals surface area contributed by atoms with Crippen molar-refractivity contribution in [1.29, 1.82) is 0 Å². The highest BCUT2D eigenvalue weighted by Gasteiger charge is 2.43. The van der Waals surface area contributed by atoms with Crippen molar-refractivity contribution in [2.45, 2.75) is 44.1 Å². The number of imidazole rings is 1. The Morgan fingerprint density at radius 3 is 2.84 bits per heavy atom.